The van der Waals surface area contributed by atoms with E-state index in [4.69, 9.17) is 10.5 Å². The van der Waals surface area contributed by atoms with Gasteiger partial charge in [0.15, 0.2) is 11.6 Å². The molecule has 5 N–H and O–H groups in total. The molecule has 0 spiro atoms. The monoisotopic (exact) mass is 448 g/mol. The summed E-state index contributed by atoms with van der Waals surface area (Å²) in [4.78, 5) is 29.3. The van der Waals surface area contributed by atoms with Crippen molar-refractivity contribution < 1.29 is 19.3 Å². The molecular formula is C22H29FN4O5. The van der Waals surface area contributed by atoms with Crippen LogP contribution in [0, 0.1) is 17.7 Å². The minimum atomic E-state index is -0.898. The van der Waals surface area contributed by atoms with E-state index in [1.165, 1.54) is 11.7 Å². The van der Waals surface area contributed by atoms with Crippen molar-refractivity contribution in [3.63, 3.8) is 0 Å². The van der Waals surface area contributed by atoms with Crippen LogP contribution < -0.4 is 26.6 Å². The summed E-state index contributed by atoms with van der Waals surface area (Å²) in [6, 6.07) is -0.0985. The second-order valence-corrected chi connectivity index (χ2v) is 9.36. The van der Waals surface area contributed by atoms with Crippen molar-refractivity contribution in [2.45, 2.75) is 56.8 Å². The number of aliphatic hydroxyl groups is 2. The average Bonchev–Trinajstić information content (AvgIpc) is 3.50. The fourth-order valence-electron chi connectivity index (χ4n) is 5.62. The molecule has 174 valence electrons. The number of halogens is 1. The van der Waals surface area contributed by atoms with E-state index < -0.39 is 29.3 Å². The maximum absolute atomic E-state index is 15.7. The van der Waals surface area contributed by atoms with Crippen molar-refractivity contribution in [2.75, 3.05) is 30.8 Å². The number of ether oxygens (including phenoxy) is 1. The van der Waals surface area contributed by atoms with E-state index >= 15 is 4.39 Å². The lowest BCUT2D eigenvalue weighted by Crippen LogP contribution is -2.39. The largest absolute Gasteiger partial charge is 0.492 e. The van der Waals surface area contributed by atoms with Crippen LogP contribution in [0.25, 0.3) is 10.9 Å². The van der Waals surface area contributed by atoms with Gasteiger partial charge < -0.3 is 25.6 Å². The maximum Gasteiger partial charge on any atom is 0.329 e. The van der Waals surface area contributed by atoms with Gasteiger partial charge in [0.1, 0.15) is 11.2 Å². The molecule has 2 saturated carbocycles. The smallest absolute Gasteiger partial charge is 0.329 e. The van der Waals surface area contributed by atoms with Gasteiger partial charge in [-0.25, -0.2) is 9.18 Å². The molecule has 1 aromatic carbocycles. The van der Waals surface area contributed by atoms with Crippen molar-refractivity contribution in [3.8, 4) is 5.75 Å². The predicted molar refractivity (Wildman–Crippen MR) is 118 cm³/mol. The lowest BCUT2D eigenvalue weighted by Gasteiger charge is -2.30. The number of benzene rings is 1. The first-order chi connectivity index (χ1) is 15.3. The third-order valence-corrected chi connectivity index (χ3v) is 7.37. The zero-order valence-electron chi connectivity index (χ0n) is 18.0. The van der Waals surface area contributed by atoms with Gasteiger partial charge in [0.05, 0.1) is 30.4 Å². The van der Waals surface area contributed by atoms with Gasteiger partial charge in [-0.2, -0.15) is 0 Å². The predicted octanol–water partition coefficient (Wildman–Crippen LogP) is 1.10. The summed E-state index contributed by atoms with van der Waals surface area (Å²) in [5.41, 5.74) is 4.79. The Kier molecular flexibility index (Phi) is 5.16. The molecule has 1 aliphatic heterocycles. The quantitative estimate of drug-likeness (QED) is 0.517. The van der Waals surface area contributed by atoms with Gasteiger partial charge in [0.2, 0.25) is 0 Å². The van der Waals surface area contributed by atoms with Crippen LogP contribution in [0.15, 0.2) is 9.59 Å². The number of nitrogens with zero attached hydrogens (tertiary/aromatic N) is 2. The second kappa shape index (κ2) is 7.77. The molecular weight excluding hydrogens is 419 g/mol. The van der Waals surface area contributed by atoms with E-state index in [0.717, 1.165) is 32.1 Å². The first-order valence-corrected chi connectivity index (χ1v) is 11.3. The summed E-state index contributed by atoms with van der Waals surface area (Å²) in [6.07, 6.45) is 3.00. The molecule has 2 aromatic rings. The van der Waals surface area contributed by atoms with Crippen molar-refractivity contribution in [3.05, 3.63) is 26.7 Å². The van der Waals surface area contributed by atoms with Gasteiger partial charge in [0, 0.05) is 25.0 Å². The minimum absolute atomic E-state index is 0.0748. The molecule has 2 heterocycles. The first-order valence-electron chi connectivity index (χ1n) is 11.3. The lowest BCUT2D eigenvalue weighted by molar-refractivity contribution is -0.0347. The number of aromatic amines is 1. The maximum atomic E-state index is 15.7. The highest BCUT2D eigenvalue weighted by molar-refractivity contribution is 5.99. The number of hydrogen-bond donors (Lipinski definition) is 4. The zero-order chi connectivity index (χ0) is 22.7. The number of H-pyrrole nitrogens is 1. The number of nitrogens with one attached hydrogen (secondary N) is 1. The fraction of sp³-hybridized carbons (Fsp3) is 0.636. The second-order valence-electron chi connectivity index (χ2n) is 9.36. The Morgan fingerprint density at radius 2 is 1.84 bits per heavy atom. The summed E-state index contributed by atoms with van der Waals surface area (Å²) in [5, 5.41) is 21.0. The van der Waals surface area contributed by atoms with E-state index in [2.05, 4.69) is 4.98 Å². The summed E-state index contributed by atoms with van der Waals surface area (Å²) in [7, 11) is 1.38. The fourth-order valence-corrected chi connectivity index (χ4v) is 5.62. The summed E-state index contributed by atoms with van der Waals surface area (Å²) >= 11 is 0. The number of nitrogen functional groups attached to an aromatic ring is 1. The van der Waals surface area contributed by atoms with Crippen LogP contribution in [-0.4, -0.2) is 52.2 Å². The van der Waals surface area contributed by atoms with Gasteiger partial charge in [0.25, 0.3) is 5.56 Å². The standard InChI is InChI=1S/C22H29FN4O5/c1-32-20-17-14(21(30)25-22(31)27(17)11-6-7-11)16(24)15(23)18(20)26-8-10-4-2-3-5-13(28)19(29)12(10)9-26/h10-13,19,28-29H,2-9,24H2,1H3,(H,25,30,31). The molecule has 0 bridgehead atoms. The van der Waals surface area contributed by atoms with Crippen LogP contribution >= 0.6 is 0 Å². The number of anilines is 2. The van der Waals surface area contributed by atoms with Crippen LogP contribution in [0.1, 0.15) is 44.6 Å². The number of methoxy groups -OCH3 is 1. The minimum Gasteiger partial charge on any atom is -0.492 e. The Morgan fingerprint density at radius 1 is 1.12 bits per heavy atom. The highest BCUT2D eigenvalue weighted by atomic mass is 19.1. The molecule has 2 aliphatic carbocycles. The normalized spacial score (nSPS) is 28.4. The number of fused-ring (bicyclic) bond motifs is 2. The highest BCUT2D eigenvalue weighted by Gasteiger charge is 2.43. The van der Waals surface area contributed by atoms with Gasteiger partial charge >= 0.3 is 5.69 Å². The van der Waals surface area contributed by atoms with Crippen molar-refractivity contribution in [2.24, 2.45) is 11.8 Å². The Morgan fingerprint density at radius 3 is 2.53 bits per heavy atom. The number of nitrogens with two attached hydrogens (primary N) is 1. The molecule has 1 aromatic heterocycles. The number of rotatable bonds is 3. The van der Waals surface area contributed by atoms with E-state index in [-0.39, 0.29) is 45.9 Å². The van der Waals surface area contributed by atoms with Crippen LogP contribution in [0.3, 0.4) is 0 Å². The lowest BCUT2D eigenvalue weighted by atomic mass is 9.81. The molecule has 4 atom stereocenters. The topological polar surface area (TPSA) is 134 Å². The Balaban J connectivity index is 1.70. The average molecular weight is 448 g/mol. The van der Waals surface area contributed by atoms with E-state index in [9.17, 15) is 19.8 Å². The third-order valence-electron chi connectivity index (χ3n) is 7.37. The van der Waals surface area contributed by atoms with Gasteiger partial charge in [-0.05, 0) is 31.6 Å². The summed E-state index contributed by atoms with van der Waals surface area (Å²) < 4.78 is 22.7. The molecule has 3 aliphatic rings. The van der Waals surface area contributed by atoms with Crippen LogP contribution in [-0.2, 0) is 0 Å². The molecule has 0 amide bonds. The molecule has 3 fully saturated rings. The Bertz CT molecular complexity index is 1170. The number of hydrogen-bond acceptors (Lipinski definition) is 7. The number of aliphatic hydroxyl groups excluding tert-OH is 2. The molecule has 10 heteroatoms. The van der Waals surface area contributed by atoms with Crippen LogP contribution in [0.4, 0.5) is 15.8 Å². The molecule has 9 nitrogen and oxygen atoms in total. The third kappa shape index (κ3) is 3.19. The van der Waals surface area contributed by atoms with Crippen LogP contribution in [0.2, 0.25) is 0 Å². The van der Waals surface area contributed by atoms with E-state index in [1.807, 2.05) is 0 Å². The zero-order valence-corrected chi connectivity index (χ0v) is 18.0. The molecule has 1 saturated heterocycles. The van der Waals surface area contributed by atoms with Gasteiger partial charge in [-0.1, -0.05) is 12.8 Å². The van der Waals surface area contributed by atoms with Crippen LogP contribution in [0.5, 0.6) is 5.75 Å². The van der Waals surface area contributed by atoms with Crippen molar-refractivity contribution >= 4 is 22.3 Å². The van der Waals surface area contributed by atoms with Crippen molar-refractivity contribution in [1.82, 2.24) is 9.55 Å². The molecule has 0 radical (unpaired) electrons. The first kappa shape index (κ1) is 21.3. The molecule has 5 rings (SSSR count). The Labute approximate surface area is 183 Å². The van der Waals surface area contributed by atoms with Crippen molar-refractivity contribution in [1.29, 1.82) is 0 Å². The Hall–Kier alpha value is -2.59. The van der Waals surface area contributed by atoms with E-state index in [0.29, 0.717) is 19.5 Å². The van der Waals surface area contributed by atoms with Gasteiger partial charge in [-0.3, -0.25) is 14.3 Å². The number of aromatic nitrogens is 2. The molecule has 4 unspecified atom stereocenters. The van der Waals surface area contributed by atoms with E-state index in [1.54, 1.807) is 4.90 Å². The summed E-state index contributed by atoms with van der Waals surface area (Å²) in [5.74, 6) is -0.821. The SMILES string of the molecule is COc1c(N2CC3CCCCC(O)C(O)C3C2)c(F)c(N)c2c(=O)[nH]c(=O)n(C3CC3)c12. The van der Waals surface area contributed by atoms with Gasteiger partial charge in [-0.15, -0.1) is 0 Å². The summed E-state index contributed by atoms with van der Waals surface area (Å²) in [6.45, 7) is 0.779. The highest BCUT2D eigenvalue weighted by Crippen LogP contribution is 2.47. The molecule has 32 heavy (non-hydrogen) atoms.